The molecule has 0 nitrogen and oxygen atoms in total. The lowest BCUT2D eigenvalue weighted by Crippen LogP contribution is -2.70. The molecular weight excluding hydrogens is 168 g/mol. The predicted molar refractivity (Wildman–Crippen MR) is 52.1 cm³/mol. The van der Waals surface area contributed by atoms with Gasteiger partial charge in [-0.15, -0.1) is 0 Å². The molecule has 70 valence electrons. The van der Waals surface area contributed by atoms with Crippen LogP contribution in [0, 0.1) is 58.2 Å². The van der Waals surface area contributed by atoms with Gasteiger partial charge < -0.3 is 0 Å². The Kier molecular flexibility index (Phi) is 0.589. The van der Waals surface area contributed by atoms with Crippen molar-refractivity contribution in [1.29, 1.82) is 0 Å². The van der Waals surface area contributed by atoms with Gasteiger partial charge in [0.05, 0.1) is 0 Å². The summed E-state index contributed by atoms with van der Waals surface area (Å²) in [6, 6.07) is 0. The highest BCUT2D eigenvalue weighted by Gasteiger charge is 2.92. The fourth-order valence-electron chi connectivity index (χ4n) is 7.62. The van der Waals surface area contributed by atoms with Gasteiger partial charge in [-0.25, -0.2) is 0 Å². The van der Waals surface area contributed by atoms with Gasteiger partial charge in [0.15, 0.2) is 0 Å². The van der Waals surface area contributed by atoms with Gasteiger partial charge in [-0.1, -0.05) is 11.8 Å². The summed E-state index contributed by atoms with van der Waals surface area (Å²) in [4.78, 5) is 0. The zero-order chi connectivity index (χ0) is 8.71. The smallest absolute Gasteiger partial charge is 0.0439 e. The lowest BCUT2D eigenvalue weighted by atomic mass is 9.30. The van der Waals surface area contributed by atoms with Gasteiger partial charge >= 0.3 is 0 Å². The fraction of sp³-hybridized carbons (Fsp3) is 0.857. The summed E-state index contributed by atoms with van der Waals surface area (Å²) in [7, 11) is 0. The number of rotatable bonds is 0. The molecule has 0 aliphatic heterocycles. The van der Waals surface area contributed by atoms with Crippen LogP contribution in [-0.2, 0) is 0 Å². The van der Waals surface area contributed by atoms with Crippen molar-refractivity contribution in [2.45, 2.75) is 25.7 Å². The third-order valence-corrected chi connectivity index (χ3v) is 7.44. The Labute approximate surface area is 84.4 Å². The molecular formula is C14H14. The van der Waals surface area contributed by atoms with E-state index in [-0.39, 0.29) is 0 Å². The van der Waals surface area contributed by atoms with Crippen molar-refractivity contribution in [2.75, 3.05) is 0 Å². The summed E-state index contributed by atoms with van der Waals surface area (Å²) in [5.41, 5.74) is 1.47. The Hall–Kier alpha value is -0.440. The third kappa shape index (κ3) is 0.274. The van der Waals surface area contributed by atoms with E-state index in [1.807, 2.05) is 0 Å². The van der Waals surface area contributed by atoms with Crippen molar-refractivity contribution in [3.8, 4) is 11.8 Å². The van der Waals surface area contributed by atoms with E-state index in [1.165, 1.54) is 6.42 Å². The number of hydrogen-bond donors (Lipinski definition) is 0. The van der Waals surface area contributed by atoms with Crippen molar-refractivity contribution in [1.82, 2.24) is 0 Å². The van der Waals surface area contributed by atoms with Crippen LogP contribution in [0.5, 0.6) is 0 Å². The van der Waals surface area contributed by atoms with E-state index >= 15 is 0 Å². The van der Waals surface area contributed by atoms with Crippen molar-refractivity contribution >= 4 is 0 Å². The maximum absolute atomic E-state index is 3.79. The molecule has 9 rings (SSSR count). The molecule has 0 aromatic rings. The average molecular weight is 182 g/mol. The number of hydrogen-bond acceptors (Lipinski definition) is 0. The van der Waals surface area contributed by atoms with Gasteiger partial charge in [0, 0.05) is 11.3 Å². The molecule has 0 radical (unpaired) electrons. The molecule has 0 saturated heterocycles. The molecule has 9 aliphatic carbocycles. The normalized spacial score (nSPS) is 81.7. The van der Waals surface area contributed by atoms with Gasteiger partial charge in [-0.05, 0) is 60.7 Å². The van der Waals surface area contributed by atoms with E-state index in [2.05, 4.69) is 11.8 Å². The van der Waals surface area contributed by atoms with Gasteiger partial charge in [-0.3, -0.25) is 0 Å². The van der Waals surface area contributed by atoms with Crippen LogP contribution in [0.3, 0.4) is 0 Å². The van der Waals surface area contributed by atoms with Crippen LogP contribution in [0.4, 0.5) is 0 Å². The van der Waals surface area contributed by atoms with Crippen LogP contribution in [0.2, 0.25) is 0 Å². The highest BCUT2D eigenvalue weighted by Crippen LogP contribution is 2.96. The molecule has 9 aliphatic rings. The van der Waals surface area contributed by atoms with Crippen LogP contribution in [-0.4, -0.2) is 0 Å². The quantitative estimate of drug-likeness (QED) is 0.504. The Balaban J connectivity index is 1.84. The largest absolute Gasteiger partial charge is 0.0990 e. The van der Waals surface area contributed by atoms with Crippen molar-refractivity contribution < 1.29 is 0 Å². The first kappa shape index (κ1) is 6.21. The molecule has 7 fully saturated rings. The van der Waals surface area contributed by atoms with E-state index in [0.717, 1.165) is 40.9 Å². The first-order valence-corrected chi connectivity index (χ1v) is 6.41. The maximum atomic E-state index is 3.79. The second kappa shape index (κ2) is 1.33. The van der Waals surface area contributed by atoms with E-state index in [0.29, 0.717) is 5.41 Å². The van der Waals surface area contributed by atoms with Crippen molar-refractivity contribution in [3.05, 3.63) is 0 Å². The highest BCUT2D eigenvalue weighted by atomic mass is 14.9. The monoisotopic (exact) mass is 182 g/mol. The van der Waals surface area contributed by atoms with E-state index in [4.69, 9.17) is 0 Å². The van der Waals surface area contributed by atoms with Gasteiger partial charge in [-0.2, -0.15) is 0 Å². The SMILES string of the molecule is C1#CC23C4CC1C1CC5CC2C(C4)C513. The zero-order valence-corrected chi connectivity index (χ0v) is 8.29. The minimum absolute atomic E-state index is 0.625. The van der Waals surface area contributed by atoms with Crippen molar-refractivity contribution in [3.63, 3.8) is 0 Å². The molecule has 0 heterocycles. The molecule has 2 spiro atoms. The molecule has 6 bridgehead atoms. The summed E-state index contributed by atoms with van der Waals surface area (Å²) >= 11 is 0. The van der Waals surface area contributed by atoms with Crippen LogP contribution < -0.4 is 0 Å². The van der Waals surface area contributed by atoms with Crippen LogP contribution in [0.1, 0.15) is 25.7 Å². The average Bonchev–Trinajstić information content (AvgIpc) is 2.76. The Morgan fingerprint density at radius 3 is 2.64 bits per heavy atom. The first-order chi connectivity index (χ1) is 6.89. The maximum Gasteiger partial charge on any atom is 0.0439 e. The lowest BCUT2D eigenvalue weighted by molar-refractivity contribution is -0.226. The Morgan fingerprint density at radius 2 is 1.71 bits per heavy atom. The summed E-state index contributed by atoms with van der Waals surface area (Å²) < 4.78 is 0. The molecule has 7 saturated carbocycles. The second-order valence-corrected chi connectivity index (χ2v) is 6.83. The molecule has 14 heavy (non-hydrogen) atoms. The molecule has 0 aromatic heterocycles. The van der Waals surface area contributed by atoms with Crippen LogP contribution in [0.15, 0.2) is 0 Å². The first-order valence-electron chi connectivity index (χ1n) is 6.41. The van der Waals surface area contributed by atoms with Gasteiger partial charge in [0.2, 0.25) is 0 Å². The summed E-state index contributed by atoms with van der Waals surface area (Å²) in [5, 5.41) is 0. The topological polar surface area (TPSA) is 0 Å². The summed E-state index contributed by atoms with van der Waals surface area (Å²) in [6.07, 6.45) is 6.24. The zero-order valence-electron chi connectivity index (χ0n) is 8.29. The summed E-state index contributed by atoms with van der Waals surface area (Å²) in [5.74, 6) is 13.8. The van der Waals surface area contributed by atoms with Crippen molar-refractivity contribution in [2.24, 2.45) is 46.3 Å². The molecule has 0 heteroatoms. The molecule has 8 atom stereocenters. The molecule has 8 unspecified atom stereocenters. The second-order valence-electron chi connectivity index (χ2n) is 6.83. The van der Waals surface area contributed by atoms with Crippen LogP contribution in [0.25, 0.3) is 0 Å². The molecule has 0 aromatic carbocycles. The highest BCUT2D eigenvalue weighted by molar-refractivity contribution is 5.50. The minimum atomic E-state index is 0.625. The van der Waals surface area contributed by atoms with Crippen LogP contribution >= 0.6 is 0 Å². The predicted octanol–water partition coefficient (Wildman–Crippen LogP) is 2.30. The fourth-order valence-corrected chi connectivity index (χ4v) is 7.62. The standard InChI is InChI=1S/C14H14/c1-2-13-8-3-7(1)10-5-9-6-11(13)12(4-8)14(9,10)13/h7-12H,3-6H2. The minimum Gasteiger partial charge on any atom is -0.0990 e. The van der Waals surface area contributed by atoms with Gasteiger partial charge in [0.25, 0.3) is 0 Å². The van der Waals surface area contributed by atoms with E-state index in [1.54, 1.807) is 19.3 Å². The molecule has 0 N–H and O–H groups in total. The van der Waals surface area contributed by atoms with Gasteiger partial charge in [0.1, 0.15) is 0 Å². The van der Waals surface area contributed by atoms with E-state index in [9.17, 15) is 0 Å². The summed E-state index contributed by atoms with van der Waals surface area (Å²) in [6.45, 7) is 0. The third-order valence-electron chi connectivity index (χ3n) is 7.44. The van der Waals surface area contributed by atoms with E-state index < -0.39 is 0 Å². The molecule has 0 amide bonds. The lowest BCUT2D eigenvalue weighted by Gasteiger charge is -2.72. The Bertz CT molecular complexity index is 452. The Morgan fingerprint density at radius 1 is 0.857 bits per heavy atom.